The van der Waals surface area contributed by atoms with Crippen molar-refractivity contribution in [3.05, 3.63) is 52.1 Å². The number of alkyl halides is 3. The first kappa shape index (κ1) is 13.9. The van der Waals surface area contributed by atoms with Crippen LogP contribution in [-0.2, 0) is 6.18 Å². The Labute approximate surface area is 116 Å². The summed E-state index contributed by atoms with van der Waals surface area (Å²) in [4.78, 5) is 4.05. The molecule has 0 saturated heterocycles. The molecule has 0 N–H and O–H groups in total. The second-order valence-corrected chi connectivity index (χ2v) is 4.82. The summed E-state index contributed by atoms with van der Waals surface area (Å²) in [5.41, 5.74) is 0.0783. The van der Waals surface area contributed by atoms with Gasteiger partial charge in [0.2, 0.25) is 5.88 Å². The first-order valence-corrected chi connectivity index (χ1v) is 6.13. The van der Waals surface area contributed by atoms with E-state index in [9.17, 15) is 13.2 Å². The van der Waals surface area contributed by atoms with Gasteiger partial charge in [0.05, 0.1) is 5.56 Å². The van der Waals surface area contributed by atoms with E-state index in [1.807, 2.05) is 6.07 Å². The molecule has 0 unspecified atom stereocenters. The number of nitrogens with zero attached hydrogens (tertiary/aromatic N) is 1. The largest absolute Gasteiger partial charge is 0.439 e. The molecule has 100 valence electrons. The lowest BCUT2D eigenvalue weighted by Crippen LogP contribution is -2.04. The van der Waals surface area contributed by atoms with Gasteiger partial charge in [0, 0.05) is 16.2 Å². The Bertz CT molecular complexity index is 581. The Balaban J connectivity index is 2.20. The highest BCUT2D eigenvalue weighted by Crippen LogP contribution is 2.31. The topological polar surface area (TPSA) is 22.1 Å². The van der Waals surface area contributed by atoms with Crippen LogP contribution in [0.4, 0.5) is 13.2 Å². The van der Waals surface area contributed by atoms with Crippen LogP contribution in [0.25, 0.3) is 0 Å². The average Bonchev–Trinajstić information content (AvgIpc) is 2.32. The van der Waals surface area contributed by atoms with Crippen molar-refractivity contribution < 1.29 is 17.9 Å². The van der Waals surface area contributed by atoms with Gasteiger partial charge < -0.3 is 4.74 Å². The third kappa shape index (κ3) is 3.47. The van der Waals surface area contributed by atoms with Crippen molar-refractivity contribution in [2.75, 3.05) is 0 Å². The van der Waals surface area contributed by atoms with Crippen molar-refractivity contribution >= 4 is 15.9 Å². The van der Waals surface area contributed by atoms with Crippen molar-refractivity contribution in [2.24, 2.45) is 0 Å². The highest BCUT2D eigenvalue weighted by Gasteiger charge is 2.30. The molecule has 0 spiro atoms. The SMILES string of the molecule is Cc1cc(Br)cnc1Oc1ccc(C(F)(F)F)cc1. The van der Waals surface area contributed by atoms with Gasteiger partial charge in [0.25, 0.3) is 0 Å². The Morgan fingerprint density at radius 1 is 1.16 bits per heavy atom. The minimum absolute atomic E-state index is 0.311. The summed E-state index contributed by atoms with van der Waals surface area (Å²) in [7, 11) is 0. The molecule has 1 aromatic carbocycles. The smallest absolute Gasteiger partial charge is 0.416 e. The van der Waals surface area contributed by atoms with Crippen LogP contribution < -0.4 is 4.74 Å². The van der Waals surface area contributed by atoms with Gasteiger partial charge in [-0.25, -0.2) is 4.98 Å². The monoisotopic (exact) mass is 331 g/mol. The van der Waals surface area contributed by atoms with Gasteiger partial charge in [0.1, 0.15) is 5.75 Å². The molecule has 0 saturated carbocycles. The van der Waals surface area contributed by atoms with Crippen molar-refractivity contribution in [3.63, 3.8) is 0 Å². The van der Waals surface area contributed by atoms with Crippen LogP contribution in [0.1, 0.15) is 11.1 Å². The zero-order valence-electron chi connectivity index (χ0n) is 9.83. The molecule has 0 aliphatic rings. The fourth-order valence-corrected chi connectivity index (χ4v) is 1.90. The number of ether oxygens (including phenoxy) is 1. The summed E-state index contributed by atoms with van der Waals surface area (Å²) < 4.78 is 43.4. The molecule has 1 heterocycles. The quantitative estimate of drug-likeness (QED) is 0.775. The van der Waals surface area contributed by atoms with Crippen LogP contribution in [0.2, 0.25) is 0 Å². The van der Waals surface area contributed by atoms with E-state index < -0.39 is 11.7 Å². The molecule has 0 fully saturated rings. The highest BCUT2D eigenvalue weighted by molar-refractivity contribution is 9.10. The van der Waals surface area contributed by atoms with Gasteiger partial charge >= 0.3 is 6.18 Å². The first-order chi connectivity index (χ1) is 8.86. The van der Waals surface area contributed by atoms with Gasteiger partial charge in [0.15, 0.2) is 0 Å². The molecular weight excluding hydrogens is 323 g/mol. The Hall–Kier alpha value is -1.56. The molecular formula is C13H9BrF3NO. The molecule has 0 radical (unpaired) electrons. The van der Waals surface area contributed by atoms with Crippen LogP contribution in [0.15, 0.2) is 41.0 Å². The Kier molecular flexibility index (Phi) is 3.80. The molecule has 6 heteroatoms. The zero-order chi connectivity index (χ0) is 14.0. The molecule has 0 atom stereocenters. The minimum Gasteiger partial charge on any atom is -0.439 e. The second kappa shape index (κ2) is 5.21. The van der Waals surface area contributed by atoms with Crippen molar-refractivity contribution in [1.29, 1.82) is 0 Å². The lowest BCUT2D eigenvalue weighted by Gasteiger charge is -2.09. The number of aryl methyl sites for hydroxylation is 1. The number of benzene rings is 1. The van der Waals surface area contributed by atoms with E-state index in [2.05, 4.69) is 20.9 Å². The molecule has 2 nitrogen and oxygen atoms in total. The first-order valence-electron chi connectivity index (χ1n) is 5.33. The van der Waals surface area contributed by atoms with Crippen LogP contribution in [0, 0.1) is 6.92 Å². The Morgan fingerprint density at radius 2 is 1.79 bits per heavy atom. The van der Waals surface area contributed by atoms with E-state index in [1.165, 1.54) is 12.1 Å². The van der Waals surface area contributed by atoms with Crippen molar-refractivity contribution in [2.45, 2.75) is 13.1 Å². The number of pyridine rings is 1. The van der Waals surface area contributed by atoms with Gasteiger partial charge in [-0.2, -0.15) is 13.2 Å². The maximum Gasteiger partial charge on any atom is 0.416 e. The zero-order valence-corrected chi connectivity index (χ0v) is 11.4. The summed E-state index contributed by atoms with van der Waals surface area (Å²) in [6, 6.07) is 6.30. The number of hydrogen-bond donors (Lipinski definition) is 0. The third-order valence-corrected chi connectivity index (χ3v) is 2.83. The lowest BCUT2D eigenvalue weighted by atomic mass is 10.2. The molecule has 2 aromatic rings. The van der Waals surface area contributed by atoms with E-state index in [0.717, 1.165) is 22.2 Å². The standard InChI is InChI=1S/C13H9BrF3NO/c1-8-6-10(14)7-18-12(8)19-11-4-2-9(3-5-11)13(15,16)17/h2-7H,1H3. The molecule has 0 aliphatic heterocycles. The van der Waals surface area contributed by atoms with Crippen molar-refractivity contribution in [3.8, 4) is 11.6 Å². The molecule has 0 bridgehead atoms. The number of rotatable bonds is 2. The number of hydrogen-bond acceptors (Lipinski definition) is 2. The summed E-state index contributed by atoms with van der Waals surface area (Å²) in [6.07, 6.45) is -2.78. The number of halogens is 4. The van der Waals surface area contributed by atoms with Gasteiger partial charge in [-0.1, -0.05) is 0 Å². The van der Waals surface area contributed by atoms with E-state index in [0.29, 0.717) is 11.6 Å². The fraction of sp³-hybridized carbons (Fsp3) is 0.154. The van der Waals surface area contributed by atoms with E-state index in [-0.39, 0.29) is 0 Å². The van der Waals surface area contributed by atoms with Crippen LogP contribution in [-0.4, -0.2) is 4.98 Å². The Morgan fingerprint density at radius 3 is 2.32 bits per heavy atom. The van der Waals surface area contributed by atoms with Crippen molar-refractivity contribution in [1.82, 2.24) is 4.98 Å². The van der Waals surface area contributed by atoms with E-state index >= 15 is 0 Å². The predicted octanol–water partition coefficient (Wildman–Crippen LogP) is 4.96. The van der Waals surface area contributed by atoms with E-state index in [4.69, 9.17) is 4.74 Å². The molecule has 0 amide bonds. The maximum absolute atomic E-state index is 12.4. The van der Waals surface area contributed by atoms with Crippen LogP contribution >= 0.6 is 15.9 Å². The minimum atomic E-state index is -4.34. The fourth-order valence-electron chi connectivity index (χ4n) is 1.46. The summed E-state index contributed by atoms with van der Waals surface area (Å²) in [5.74, 6) is 0.675. The highest BCUT2D eigenvalue weighted by atomic mass is 79.9. The summed E-state index contributed by atoms with van der Waals surface area (Å²) in [6.45, 7) is 1.80. The summed E-state index contributed by atoms with van der Waals surface area (Å²) in [5, 5.41) is 0. The number of aromatic nitrogens is 1. The molecule has 2 rings (SSSR count). The predicted molar refractivity (Wildman–Crippen MR) is 68.2 cm³/mol. The maximum atomic E-state index is 12.4. The van der Waals surface area contributed by atoms with Crippen LogP contribution in [0.5, 0.6) is 11.6 Å². The molecule has 1 aromatic heterocycles. The lowest BCUT2D eigenvalue weighted by molar-refractivity contribution is -0.137. The molecule has 0 aliphatic carbocycles. The van der Waals surface area contributed by atoms with Gasteiger partial charge in [-0.3, -0.25) is 0 Å². The summed E-state index contributed by atoms with van der Waals surface area (Å²) >= 11 is 3.27. The second-order valence-electron chi connectivity index (χ2n) is 3.90. The average molecular weight is 332 g/mol. The normalized spacial score (nSPS) is 11.4. The third-order valence-electron chi connectivity index (χ3n) is 2.39. The van der Waals surface area contributed by atoms with Crippen LogP contribution in [0.3, 0.4) is 0 Å². The molecule has 19 heavy (non-hydrogen) atoms. The van der Waals surface area contributed by atoms with Gasteiger partial charge in [-0.05, 0) is 53.2 Å². The van der Waals surface area contributed by atoms with E-state index in [1.54, 1.807) is 13.1 Å². The van der Waals surface area contributed by atoms with Gasteiger partial charge in [-0.15, -0.1) is 0 Å².